The van der Waals surface area contributed by atoms with Gasteiger partial charge in [0, 0.05) is 62.6 Å². The second kappa shape index (κ2) is 17.9. The van der Waals surface area contributed by atoms with Crippen LogP contribution in [0.5, 0.6) is 0 Å². The van der Waals surface area contributed by atoms with Gasteiger partial charge >= 0.3 is 0 Å². The van der Waals surface area contributed by atoms with Gasteiger partial charge in [-0.15, -0.1) is 0 Å². The highest BCUT2D eigenvalue weighted by atomic mass is 15.3. The number of benzene rings is 8. The third kappa shape index (κ3) is 7.95. The van der Waals surface area contributed by atoms with Crippen LogP contribution in [-0.2, 0) is 39.0 Å². The fourth-order valence-corrected chi connectivity index (χ4v) is 14.1. The monoisotopic (exact) mass is 1040 g/mol. The second-order valence-electron chi connectivity index (χ2n) is 28.0. The number of aryl methyl sites for hydroxylation is 1. The van der Waals surface area contributed by atoms with E-state index in [-0.39, 0.29) is 33.8 Å². The topological polar surface area (TPSA) is 22.6 Å². The molecule has 4 heterocycles. The molecule has 1 aliphatic carbocycles. The van der Waals surface area contributed by atoms with Crippen molar-refractivity contribution in [3.8, 4) is 22.4 Å². The molecule has 0 amide bonds. The third-order valence-electron chi connectivity index (χ3n) is 19.0. The maximum atomic E-state index is 4.91. The minimum absolute atomic E-state index is 0.0579. The first-order chi connectivity index (χ1) is 37.9. The zero-order chi connectivity index (χ0) is 56.1. The zero-order valence-electron chi connectivity index (χ0n) is 49.7. The summed E-state index contributed by atoms with van der Waals surface area (Å²) in [7, 11) is 0. The van der Waals surface area contributed by atoms with Crippen molar-refractivity contribution in [1.29, 1.82) is 0 Å². The minimum Gasteiger partial charge on any atom is -0.330 e. The Hall–Kier alpha value is -7.63. The second-order valence-corrected chi connectivity index (χ2v) is 28.0. The van der Waals surface area contributed by atoms with Gasteiger partial charge in [-0.25, -0.2) is 0 Å². The molecule has 80 heavy (non-hydrogen) atoms. The number of hydrogen-bond donors (Lipinski definition) is 0. The Morgan fingerprint density at radius 1 is 0.425 bits per heavy atom. The van der Waals surface area contributed by atoms with E-state index < -0.39 is 5.54 Å². The average Bonchev–Trinajstić information content (AvgIpc) is 1.77. The van der Waals surface area contributed by atoms with Crippen LogP contribution in [-0.4, -0.2) is 11.7 Å². The lowest BCUT2D eigenvalue weighted by Gasteiger charge is -2.52. The van der Waals surface area contributed by atoms with E-state index in [2.05, 4.69) is 288 Å². The van der Waals surface area contributed by atoms with Crippen molar-refractivity contribution in [2.45, 2.75) is 142 Å². The van der Waals surface area contributed by atoms with Crippen LogP contribution in [0.1, 0.15) is 142 Å². The van der Waals surface area contributed by atoms with E-state index in [9.17, 15) is 0 Å². The summed E-state index contributed by atoms with van der Waals surface area (Å²) in [5, 5.41) is 0. The number of anilines is 8. The van der Waals surface area contributed by atoms with Gasteiger partial charge < -0.3 is 14.7 Å². The first-order valence-corrected chi connectivity index (χ1v) is 29.3. The Morgan fingerprint density at radius 3 is 1.65 bits per heavy atom. The number of fused-ring (bicyclic) bond motifs is 9. The van der Waals surface area contributed by atoms with E-state index >= 15 is 0 Å². The highest BCUT2D eigenvalue weighted by Gasteiger charge is 2.60. The molecule has 400 valence electrons. The van der Waals surface area contributed by atoms with Gasteiger partial charge in [-0.2, -0.15) is 0 Å². The van der Waals surface area contributed by atoms with Crippen molar-refractivity contribution in [1.82, 2.24) is 4.98 Å². The van der Waals surface area contributed by atoms with Crippen molar-refractivity contribution in [3.05, 3.63) is 227 Å². The van der Waals surface area contributed by atoms with Crippen LogP contribution < -0.4 is 31.1 Å². The molecule has 0 fully saturated rings. The van der Waals surface area contributed by atoms with Gasteiger partial charge in [-0.05, 0) is 175 Å². The molecule has 0 saturated heterocycles. The molecule has 1 aromatic heterocycles. The molecule has 4 nitrogen and oxygen atoms in total. The lowest BCUT2D eigenvalue weighted by atomic mass is 9.33. The Labute approximate surface area is 477 Å². The number of pyridine rings is 1. The number of rotatable bonds is 5. The zero-order valence-corrected chi connectivity index (χ0v) is 49.7. The van der Waals surface area contributed by atoms with Gasteiger partial charge in [0.05, 0.1) is 16.9 Å². The van der Waals surface area contributed by atoms with Crippen molar-refractivity contribution in [3.63, 3.8) is 0 Å². The first kappa shape index (κ1) is 51.8. The lowest BCUT2D eigenvalue weighted by Crippen LogP contribution is -2.61. The van der Waals surface area contributed by atoms with E-state index in [1.54, 1.807) is 0 Å². The highest BCUT2D eigenvalue weighted by molar-refractivity contribution is 7.00. The van der Waals surface area contributed by atoms with Crippen LogP contribution >= 0.6 is 0 Å². The van der Waals surface area contributed by atoms with Crippen LogP contribution in [0.2, 0.25) is 0 Å². The molecular weight excluding hydrogens is 968 g/mol. The molecule has 2 unspecified atom stereocenters. The van der Waals surface area contributed by atoms with Crippen molar-refractivity contribution in [2.75, 3.05) is 14.7 Å². The predicted octanol–water partition coefficient (Wildman–Crippen LogP) is 18.0. The van der Waals surface area contributed by atoms with Gasteiger partial charge in [0.2, 0.25) is 0 Å². The van der Waals surface area contributed by atoms with Gasteiger partial charge in [0.15, 0.2) is 0 Å². The van der Waals surface area contributed by atoms with Crippen molar-refractivity contribution in [2.24, 2.45) is 0 Å². The van der Waals surface area contributed by atoms with Crippen LogP contribution in [0.25, 0.3) is 22.4 Å². The highest BCUT2D eigenvalue weighted by Crippen LogP contribution is 2.65. The number of aromatic nitrogens is 1. The summed E-state index contributed by atoms with van der Waals surface area (Å²) in [4.78, 5) is 13.0. The van der Waals surface area contributed by atoms with Gasteiger partial charge in [-0.3, -0.25) is 4.98 Å². The van der Waals surface area contributed by atoms with E-state index in [0.717, 1.165) is 24.1 Å². The minimum atomic E-state index is -0.476. The van der Waals surface area contributed by atoms with E-state index in [1.165, 1.54) is 112 Å². The molecule has 4 aliphatic rings. The number of hydrogen-bond acceptors (Lipinski definition) is 4. The quantitative estimate of drug-likeness (QED) is 0.160. The molecule has 0 N–H and O–H groups in total. The Kier molecular flexibility index (Phi) is 11.6. The molecule has 5 heteroatoms. The summed E-state index contributed by atoms with van der Waals surface area (Å²) < 4.78 is 0. The summed E-state index contributed by atoms with van der Waals surface area (Å²) in [6, 6.07) is 70.7. The van der Waals surface area contributed by atoms with Crippen LogP contribution in [0.15, 0.2) is 188 Å². The summed E-state index contributed by atoms with van der Waals surface area (Å²) in [5.41, 5.74) is 26.6. The van der Waals surface area contributed by atoms with Gasteiger partial charge in [-0.1, -0.05) is 199 Å². The van der Waals surface area contributed by atoms with Crippen molar-refractivity contribution < 1.29 is 0 Å². The lowest BCUT2D eigenvalue weighted by molar-refractivity contribution is 0.245. The summed E-state index contributed by atoms with van der Waals surface area (Å²) in [5.74, 6) is 0. The molecule has 13 rings (SSSR count). The van der Waals surface area contributed by atoms with Crippen molar-refractivity contribution >= 4 is 68.6 Å². The smallest absolute Gasteiger partial charge is 0.252 e. The van der Waals surface area contributed by atoms with Crippen LogP contribution in [0, 0.1) is 0 Å². The fourth-order valence-electron chi connectivity index (χ4n) is 14.1. The van der Waals surface area contributed by atoms with Crippen LogP contribution in [0.4, 0.5) is 45.5 Å². The van der Waals surface area contributed by atoms with Gasteiger partial charge in [0.1, 0.15) is 0 Å². The first-order valence-electron chi connectivity index (χ1n) is 29.3. The molecule has 0 radical (unpaired) electrons. The normalized spacial score (nSPS) is 18.3. The molecule has 3 aliphatic heterocycles. The molecular formula is C75H77BN4. The number of nitrogens with zero attached hydrogens (tertiary/aromatic N) is 4. The Bertz CT molecular complexity index is 3940. The molecule has 9 aromatic rings. The molecule has 0 saturated carbocycles. The SMILES string of the molecule is CC(C)(C)c1cccc(N2c3cc(C(C)(C)C)ccc3B3c4ccc(C(C)(C)C)cc4N(c4ccc(C(C)(C)C)cc4-c4ccccc4)c4cc(N5c6ccc(-c7ccccn7)cc6C6(C)CCc7ccccc7C56C)cc2c43)c1. The molecule has 0 spiro atoms. The Morgan fingerprint density at radius 2 is 1.00 bits per heavy atom. The standard InChI is InChI=1S/C75H77BN4/c1-70(2,3)51-26-22-27-55(42-51)78-65-44-53(72(7,8)9)31-34-60(65)76-61-35-32-54(73(10,11)12)45-66(61)79(63-37-33-52(71(4,5)6)43-57(63)48-23-16-15-17-24-48)68-47-56(46-67(78)69(68)76)80-64-36-30-50(62-29-20-21-40-77-62)41-59(64)74(13)39-38-49-25-18-19-28-58(49)75(74,80)14/h15-37,40-47H,38-39H2,1-14H3. The largest absolute Gasteiger partial charge is 0.330 e. The fraction of sp³-hybridized carbons (Fsp3) is 0.293. The van der Waals surface area contributed by atoms with Crippen LogP contribution in [0.3, 0.4) is 0 Å². The molecule has 2 atom stereocenters. The van der Waals surface area contributed by atoms with Gasteiger partial charge in [0.25, 0.3) is 6.71 Å². The Balaban J connectivity index is 1.20. The molecule has 8 aromatic carbocycles. The predicted molar refractivity (Wildman–Crippen MR) is 342 cm³/mol. The average molecular weight is 1050 g/mol. The van der Waals surface area contributed by atoms with E-state index in [1.807, 2.05) is 12.3 Å². The summed E-state index contributed by atoms with van der Waals surface area (Å²) in [6.07, 6.45) is 3.95. The molecule has 0 bridgehead atoms. The summed E-state index contributed by atoms with van der Waals surface area (Å²) in [6.45, 7) is 33.2. The van der Waals surface area contributed by atoms with E-state index in [4.69, 9.17) is 4.98 Å². The van der Waals surface area contributed by atoms with E-state index in [0.29, 0.717) is 0 Å². The maximum absolute atomic E-state index is 4.91. The summed E-state index contributed by atoms with van der Waals surface area (Å²) >= 11 is 0. The third-order valence-corrected chi connectivity index (χ3v) is 19.0. The maximum Gasteiger partial charge on any atom is 0.252 e.